The smallest absolute Gasteiger partial charge is 0.345 e. The van der Waals surface area contributed by atoms with Gasteiger partial charge in [-0.3, -0.25) is 13.8 Å². The predicted molar refractivity (Wildman–Crippen MR) is 97.0 cm³/mol. The number of hydrogen-bond donors (Lipinski definition) is 0. The molecule has 1 unspecified atom stereocenters. The normalized spacial score (nSPS) is 14.2. The Kier molecular flexibility index (Phi) is 9.90. The Labute approximate surface area is 150 Å². The average molecular weight is 382 g/mol. The van der Waals surface area contributed by atoms with Crippen LogP contribution in [0.15, 0.2) is 24.4 Å². The molecule has 0 amide bonds. The Morgan fingerprint density at radius 3 is 2.12 bits per heavy atom. The molecule has 0 aromatic rings. The van der Waals surface area contributed by atoms with Crippen molar-refractivity contribution < 1.29 is 23.1 Å². The molecule has 0 saturated heterocycles. The van der Waals surface area contributed by atoms with Crippen molar-refractivity contribution in [3.63, 3.8) is 0 Å². The quantitative estimate of drug-likeness (QED) is 0.240. The van der Waals surface area contributed by atoms with Crippen LogP contribution in [0.1, 0.15) is 41.0 Å². The first-order chi connectivity index (χ1) is 11.0. The number of carbonyl (C=O) groups excluding carboxylic acids is 1. The Balaban J connectivity index is 5.81. The number of carbonyl (C=O) groups is 1. The first-order valence-corrected chi connectivity index (χ1v) is 9.78. The van der Waals surface area contributed by atoms with Crippen molar-refractivity contribution in [2.45, 2.75) is 52.3 Å². The number of allylic oxidation sites excluding steroid dienone is 3. The van der Waals surface area contributed by atoms with Crippen LogP contribution >= 0.6 is 19.4 Å². The van der Waals surface area contributed by atoms with Gasteiger partial charge in [0.1, 0.15) is 5.60 Å². The second kappa shape index (κ2) is 10.2. The Hall–Kier alpha value is -0.810. The maximum absolute atomic E-state index is 13.1. The van der Waals surface area contributed by atoms with Gasteiger partial charge in [0.15, 0.2) is 5.66 Å². The molecule has 0 fully saturated rings. The van der Waals surface area contributed by atoms with E-state index in [1.807, 2.05) is 0 Å². The summed E-state index contributed by atoms with van der Waals surface area (Å²) in [5.41, 5.74) is -1.31. The lowest BCUT2D eigenvalue weighted by molar-refractivity contribution is -0.154. The number of esters is 1. The van der Waals surface area contributed by atoms with Gasteiger partial charge in [-0.1, -0.05) is 12.7 Å². The first kappa shape index (κ1) is 23.2. The maximum Gasteiger partial charge on any atom is 0.345 e. The fourth-order valence-electron chi connectivity index (χ4n) is 1.90. The molecule has 1 atom stereocenters. The molecule has 0 N–H and O–H groups in total. The molecular formula is C16H29ClNO5P. The molecule has 6 nitrogen and oxygen atoms in total. The van der Waals surface area contributed by atoms with Gasteiger partial charge >= 0.3 is 13.6 Å². The molecule has 0 bridgehead atoms. The summed E-state index contributed by atoms with van der Waals surface area (Å²) in [5.74, 6) is -0.652. The molecule has 0 aliphatic rings. The topological polar surface area (TPSA) is 65.1 Å². The highest BCUT2D eigenvalue weighted by Crippen LogP contribution is 2.55. The standard InChI is InChI=1S/C16H29ClNO5P/c1-8-11-13(18(7)17)12-14(15(19)23-16(4,5)6)24(20,21-9-2)22-10-3/h8,11,14H,1,9-10,12H2,2-7H3/b13-11-. The third-order valence-electron chi connectivity index (χ3n) is 2.79. The zero-order valence-corrected chi connectivity index (χ0v) is 17.0. The second-order valence-corrected chi connectivity index (χ2v) is 8.73. The molecule has 0 heterocycles. The minimum atomic E-state index is -3.72. The molecule has 0 aliphatic carbocycles. The van der Waals surface area contributed by atoms with E-state index in [1.54, 1.807) is 47.7 Å². The van der Waals surface area contributed by atoms with Crippen molar-refractivity contribution in [3.8, 4) is 0 Å². The van der Waals surface area contributed by atoms with E-state index in [4.69, 9.17) is 25.6 Å². The van der Waals surface area contributed by atoms with Gasteiger partial charge in [0.05, 0.1) is 13.2 Å². The second-order valence-electron chi connectivity index (χ2n) is 6.00. The molecule has 0 rings (SSSR count). The van der Waals surface area contributed by atoms with E-state index in [1.165, 1.54) is 10.5 Å². The van der Waals surface area contributed by atoms with Crippen LogP contribution in [-0.4, -0.2) is 41.9 Å². The average Bonchev–Trinajstić information content (AvgIpc) is 2.41. The monoisotopic (exact) mass is 381 g/mol. The third kappa shape index (κ3) is 7.84. The summed E-state index contributed by atoms with van der Waals surface area (Å²) in [5, 5.41) is 0. The molecule has 0 aromatic heterocycles. The van der Waals surface area contributed by atoms with Crippen LogP contribution in [0.25, 0.3) is 0 Å². The molecule has 0 aliphatic heterocycles. The zero-order valence-electron chi connectivity index (χ0n) is 15.4. The predicted octanol–water partition coefficient (Wildman–Crippen LogP) is 4.51. The first-order valence-electron chi connectivity index (χ1n) is 7.83. The van der Waals surface area contributed by atoms with Gasteiger partial charge in [-0.2, -0.15) is 0 Å². The lowest BCUT2D eigenvalue weighted by atomic mass is 10.2. The van der Waals surface area contributed by atoms with Crippen LogP contribution in [0.3, 0.4) is 0 Å². The maximum atomic E-state index is 13.1. The van der Waals surface area contributed by atoms with Crippen molar-refractivity contribution in [2.24, 2.45) is 0 Å². The number of rotatable bonds is 10. The summed E-state index contributed by atoms with van der Waals surface area (Å²) < 4.78 is 30.6. The van der Waals surface area contributed by atoms with E-state index in [9.17, 15) is 9.36 Å². The van der Waals surface area contributed by atoms with Gasteiger partial charge in [-0.05, 0) is 40.7 Å². The Morgan fingerprint density at radius 1 is 1.29 bits per heavy atom. The largest absolute Gasteiger partial charge is 0.459 e. The van der Waals surface area contributed by atoms with Crippen LogP contribution in [0.4, 0.5) is 0 Å². The summed E-state index contributed by atoms with van der Waals surface area (Å²) in [6, 6.07) is 0. The molecule has 0 saturated carbocycles. The van der Waals surface area contributed by atoms with Gasteiger partial charge in [0.25, 0.3) is 0 Å². The fraction of sp³-hybridized carbons (Fsp3) is 0.688. The summed E-state index contributed by atoms with van der Waals surface area (Å²) in [7, 11) is -2.12. The van der Waals surface area contributed by atoms with E-state index in [2.05, 4.69) is 6.58 Å². The van der Waals surface area contributed by atoms with E-state index in [0.29, 0.717) is 5.70 Å². The van der Waals surface area contributed by atoms with Crippen molar-refractivity contribution in [2.75, 3.05) is 20.3 Å². The van der Waals surface area contributed by atoms with Crippen LogP contribution < -0.4 is 0 Å². The molecule has 24 heavy (non-hydrogen) atoms. The number of nitrogens with zero attached hydrogens (tertiary/aromatic N) is 1. The van der Waals surface area contributed by atoms with E-state index < -0.39 is 24.8 Å². The number of ether oxygens (including phenoxy) is 1. The van der Waals surface area contributed by atoms with E-state index in [0.717, 1.165) is 0 Å². The number of halogens is 1. The van der Waals surface area contributed by atoms with Gasteiger partial charge in [0, 0.05) is 30.9 Å². The van der Waals surface area contributed by atoms with Crippen molar-refractivity contribution in [1.82, 2.24) is 4.42 Å². The van der Waals surface area contributed by atoms with Crippen LogP contribution in [0.5, 0.6) is 0 Å². The van der Waals surface area contributed by atoms with Crippen molar-refractivity contribution >= 4 is 25.3 Å². The molecule has 140 valence electrons. The summed E-state index contributed by atoms with van der Waals surface area (Å²) in [6.45, 7) is 12.5. The zero-order chi connectivity index (χ0) is 19.0. The van der Waals surface area contributed by atoms with Crippen molar-refractivity contribution in [3.05, 3.63) is 24.4 Å². The summed E-state index contributed by atoms with van der Waals surface area (Å²) >= 11 is 6.00. The highest BCUT2D eigenvalue weighted by molar-refractivity contribution is 7.55. The molecular weight excluding hydrogens is 353 g/mol. The van der Waals surface area contributed by atoms with Gasteiger partial charge in [-0.25, -0.2) is 0 Å². The van der Waals surface area contributed by atoms with Gasteiger partial charge in [-0.15, -0.1) is 0 Å². The fourth-order valence-corrected chi connectivity index (χ4v) is 3.90. The van der Waals surface area contributed by atoms with Gasteiger partial charge < -0.3 is 13.8 Å². The van der Waals surface area contributed by atoms with E-state index >= 15 is 0 Å². The van der Waals surface area contributed by atoms with Crippen molar-refractivity contribution in [1.29, 1.82) is 0 Å². The molecule has 0 aromatic carbocycles. The Bertz CT molecular complexity index is 489. The lowest BCUT2D eigenvalue weighted by Gasteiger charge is -2.29. The summed E-state index contributed by atoms with van der Waals surface area (Å²) in [4.78, 5) is 12.6. The van der Waals surface area contributed by atoms with Crippen LogP contribution in [0.2, 0.25) is 0 Å². The molecule has 0 radical (unpaired) electrons. The number of hydrogen-bond acceptors (Lipinski definition) is 6. The molecule has 8 heteroatoms. The minimum absolute atomic E-state index is 0.0399. The third-order valence-corrected chi connectivity index (χ3v) is 5.40. The summed E-state index contributed by atoms with van der Waals surface area (Å²) in [6.07, 6.45) is 3.21. The van der Waals surface area contributed by atoms with Crippen LogP contribution in [0, 0.1) is 0 Å². The minimum Gasteiger partial charge on any atom is -0.459 e. The SMILES string of the molecule is C=C/C=C(/CC(C(=O)OC(C)(C)C)P(=O)(OCC)OCC)N(C)Cl. The van der Waals surface area contributed by atoms with Gasteiger partial charge in [0.2, 0.25) is 0 Å². The highest BCUT2D eigenvalue weighted by Gasteiger charge is 2.44. The lowest BCUT2D eigenvalue weighted by Crippen LogP contribution is -2.34. The highest BCUT2D eigenvalue weighted by atomic mass is 35.5. The van der Waals surface area contributed by atoms with Crippen LogP contribution in [-0.2, 0) is 23.1 Å². The van der Waals surface area contributed by atoms with E-state index in [-0.39, 0.29) is 19.6 Å². The molecule has 0 spiro atoms. The Morgan fingerprint density at radius 2 is 1.79 bits per heavy atom.